The van der Waals surface area contributed by atoms with Crippen LogP contribution in [0.3, 0.4) is 0 Å². The van der Waals surface area contributed by atoms with Crippen LogP contribution < -0.4 is 0 Å². The van der Waals surface area contributed by atoms with Crippen LogP contribution in [-0.2, 0) is 65.4 Å². The summed E-state index contributed by atoms with van der Waals surface area (Å²) in [7, 11) is -9.93. The van der Waals surface area contributed by atoms with Crippen LogP contribution in [0.4, 0.5) is 0 Å². The largest absolute Gasteiger partial charge is 0.472 e. The fourth-order valence-corrected chi connectivity index (χ4v) is 15.5. The van der Waals surface area contributed by atoms with E-state index in [1.54, 1.807) is 0 Å². The van der Waals surface area contributed by atoms with Crippen molar-refractivity contribution in [2.75, 3.05) is 39.6 Å². The van der Waals surface area contributed by atoms with Crippen LogP contribution in [-0.4, -0.2) is 96.7 Å². The van der Waals surface area contributed by atoms with Gasteiger partial charge < -0.3 is 33.8 Å². The second kappa shape index (κ2) is 78.6. The zero-order valence-electron chi connectivity index (χ0n) is 72.2. The second-order valence-electron chi connectivity index (χ2n) is 33.8. The Morgan fingerprint density at radius 2 is 0.440 bits per heavy atom. The Morgan fingerprint density at radius 3 is 0.651 bits per heavy atom. The van der Waals surface area contributed by atoms with Crippen LogP contribution in [0.15, 0.2) is 0 Å². The van der Waals surface area contributed by atoms with Crippen molar-refractivity contribution in [3.05, 3.63) is 0 Å². The van der Waals surface area contributed by atoms with Gasteiger partial charge >= 0.3 is 39.5 Å². The van der Waals surface area contributed by atoms with Gasteiger partial charge in [0, 0.05) is 25.7 Å². The van der Waals surface area contributed by atoms with E-state index in [2.05, 4.69) is 55.4 Å². The van der Waals surface area contributed by atoms with Gasteiger partial charge in [-0.1, -0.05) is 421 Å². The van der Waals surface area contributed by atoms with Crippen molar-refractivity contribution in [1.29, 1.82) is 0 Å². The summed E-state index contributed by atoms with van der Waals surface area (Å²) in [5, 5.41) is 10.7. The van der Waals surface area contributed by atoms with Crippen LogP contribution in [0, 0.1) is 23.7 Å². The molecule has 0 fully saturated rings. The van der Waals surface area contributed by atoms with Gasteiger partial charge in [0.25, 0.3) is 0 Å². The lowest BCUT2D eigenvalue weighted by Crippen LogP contribution is -2.30. The number of aliphatic hydroxyl groups is 1. The lowest BCUT2D eigenvalue weighted by molar-refractivity contribution is -0.161. The predicted molar refractivity (Wildman–Crippen MR) is 451 cm³/mol. The van der Waals surface area contributed by atoms with E-state index in [1.165, 1.54) is 270 Å². The van der Waals surface area contributed by atoms with E-state index in [0.717, 1.165) is 114 Å². The number of hydrogen-bond acceptors (Lipinski definition) is 15. The molecule has 0 aromatic heterocycles. The molecule has 17 nitrogen and oxygen atoms in total. The number of phosphoric acid groups is 2. The maximum absolute atomic E-state index is 13.2. The maximum Gasteiger partial charge on any atom is 0.472 e. The lowest BCUT2D eigenvalue weighted by Gasteiger charge is -2.21. The van der Waals surface area contributed by atoms with Gasteiger partial charge in [0.1, 0.15) is 19.3 Å². The zero-order valence-corrected chi connectivity index (χ0v) is 74.0. The first-order valence-electron chi connectivity index (χ1n) is 46.3. The van der Waals surface area contributed by atoms with Crippen LogP contribution in [0.25, 0.3) is 0 Å². The zero-order chi connectivity index (χ0) is 80.2. The van der Waals surface area contributed by atoms with Gasteiger partial charge in [0.15, 0.2) is 12.2 Å². The van der Waals surface area contributed by atoms with Gasteiger partial charge in [-0.25, -0.2) is 9.13 Å². The van der Waals surface area contributed by atoms with Crippen molar-refractivity contribution >= 4 is 39.5 Å². The monoisotopic (exact) mass is 1590 g/mol. The molecule has 7 atom stereocenters. The summed E-state index contributed by atoms with van der Waals surface area (Å²) in [5.41, 5.74) is 0. The Bertz CT molecular complexity index is 2110. The van der Waals surface area contributed by atoms with Crippen molar-refractivity contribution in [1.82, 2.24) is 0 Å². The van der Waals surface area contributed by atoms with Gasteiger partial charge in [0.2, 0.25) is 0 Å². The van der Waals surface area contributed by atoms with Crippen molar-refractivity contribution in [3.8, 4) is 0 Å². The van der Waals surface area contributed by atoms with Crippen molar-refractivity contribution in [3.63, 3.8) is 0 Å². The van der Waals surface area contributed by atoms with Gasteiger partial charge in [-0.15, -0.1) is 0 Å². The molecule has 0 aromatic carbocycles. The van der Waals surface area contributed by atoms with E-state index < -0.39 is 97.5 Å². The third-order valence-electron chi connectivity index (χ3n) is 21.8. The van der Waals surface area contributed by atoms with Crippen LogP contribution in [0.2, 0.25) is 0 Å². The number of carbonyl (C=O) groups excluding carboxylic acids is 4. The third kappa shape index (κ3) is 81.0. The smallest absolute Gasteiger partial charge is 0.462 e. The fraction of sp³-hybridized carbons (Fsp3) is 0.956. The maximum atomic E-state index is 13.2. The number of phosphoric ester groups is 2. The standard InChI is InChI=1S/C90H176O17P2/c1-9-82(7)68-60-52-43-37-31-25-19-15-11-13-17-21-27-33-39-45-54-62-70-87(92)100-76-85(106-89(94)73-65-57-47-41-35-29-23-24-30-36-42-50-58-66-80(3)4)78-104-108(96,97)102-74-84(91)75-103-109(98,99)105-79-86(77-101-88(93)71-63-55-49-48-51-59-67-81(5)6)107-90(95)72-64-56-46-40-34-28-22-18-14-12-16-20-26-32-38-44-53-61-69-83(8)10-2/h80-86,91H,9-79H2,1-8H3,(H,96,97)(H,98,99)/t82?,83?,84-,85-,86-/m1/s1. The minimum Gasteiger partial charge on any atom is -0.462 e. The molecule has 0 aliphatic carbocycles. The first kappa shape index (κ1) is 107. The van der Waals surface area contributed by atoms with Crippen LogP contribution in [0.5, 0.6) is 0 Å². The highest BCUT2D eigenvalue weighted by Crippen LogP contribution is 2.45. The summed E-state index contributed by atoms with van der Waals surface area (Å²) in [6.07, 6.45) is 69.7. The Morgan fingerprint density at radius 1 is 0.257 bits per heavy atom. The fourth-order valence-electron chi connectivity index (χ4n) is 14.0. The highest BCUT2D eigenvalue weighted by Gasteiger charge is 2.31. The molecule has 19 heteroatoms. The number of rotatable bonds is 87. The molecule has 0 heterocycles. The minimum atomic E-state index is -4.97. The summed E-state index contributed by atoms with van der Waals surface area (Å²) >= 11 is 0. The predicted octanol–water partition coefficient (Wildman–Crippen LogP) is 27.5. The molecule has 3 N–H and O–H groups in total. The number of unbranched alkanes of at least 4 members (excludes halogenated alkanes) is 51. The average Bonchev–Trinajstić information content (AvgIpc) is 0.898. The first-order valence-corrected chi connectivity index (χ1v) is 49.3. The Kier molecular flexibility index (Phi) is 77.2. The number of hydrogen-bond donors (Lipinski definition) is 3. The van der Waals surface area contributed by atoms with E-state index in [1.807, 2.05) is 0 Å². The lowest BCUT2D eigenvalue weighted by atomic mass is 9.99. The summed E-state index contributed by atoms with van der Waals surface area (Å²) in [6, 6.07) is 0. The molecule has 0 saturated carbocycles. The third-order valence-corrected chi connectivity index (χ3v) is 23.7. The number of carbonyl (C=O) groups is 4. The number of ether oxygens (including phenoxy) is 4. The summed E-state index contributed by atoms with van der Waals surface area (Å²) < 4.78 is 68.9. The quantitative estimate of drug-likeness (QED) is 0.0222. The van der Waals surface area contributed by atoms with E-state index in [9.17, 15) is 43.2 Å². The minimum absolute atomic E-state index is 0.107. The van der Waals surface area contributed by atoms with E-state index in [-0.39, 0.29) is 25.7 Å². The normalized spacial score (nSPS) is 14.4. The van der Waals surface area contributed by atoms with Gasteiger partial charge in [-0.05, 0) is 49.4 Å². The van der Waals surface area contributed by atoms with Crippen LogP contribution in [0.1, 0.15) is 473 Å². The van der Waals surface area contributed by atoms with Crippen molar-refractivity contribution < 1.29 is 80.2 Å². The van der Waals surface area contributed by atoms with Gasteiger partial charge in [-0.3, -0.25) is 37.3 Å². The van der Waals surface area contributed by atoms with Gasteiger partial charge in [-0.2, -0.15) is 0 Å². The molecule has 0 aromatic rings. The molecule has 0 rings (SSSR count). The first-order chi connectivity index (χ1) is 52.7. The Labute approximate surface area is 670 Å². The summed E-state index contributed by atoms with van der Waals surface area (Å²) in [5.74, 6) is 1.10. The molecular formula is C90H176O17P2. The molecule has 0 spiro atoms. The number of aliphatic hydroxyl groups excluding tert-OH is 1. The Hall–Kier alpha value is -1.94. The topological polar surface area (TPSA) is 237 Å². The van der Waals surface area contributed by atoms with Crippen molar-refractivity contribution in [2.24, 2.45) is 23.7 Å². The molecule has 648 valence electrons. The molecule has 0 amide bonds. The second-order valence-corrected chi connectivity index (χ2v) is 36.7. The molecule has 4 unspecified atom stereocenters. The molecule has 0 aliphatic heterocycles. The molecule has 0 bridgehead atoms. The summed E-state index contributed by atoms with van der Waals surface area (Å²) in [6.45, 7) is 14.4. The van der Waals surface area contributed by atoms with Gasteiger partial charge in [0.05, 0.1) is 26.4 Å². The van der Waals surface area contributed by atoms with Crippen LogP contribution >= 0.6 is 15.6 Å². The van der Waals surface area contributed by atoms with Crippen molar-refractivity contribution in [2.45, 2.75) is 491 Å². The average molecular weight is 1590 g/mol. The molecule has 0 radical (unpaired) electrons. The molecular weight excluding hydrogens is 1410 g/mol. The highest BCUT2D eigenvalue weighted by atomic mass is 31.2. The Balaban J connectivity index is 5.16. The highest BCUT2D eigenvalue weighted by molar-refractivity contribution is 7.47. The molecule has 0 aliphatic rings. The van der Waals surface area contributed by atoms with E-state index in [4.69, 9.17) is 37.0 Å². The summed E-state index contributed by atoms with van der Waals surface area (Å²) in [4.78, 5) is 73.3. The molecule has 109 heavy (non-hydrogen) atoms. The van der Waals surface area contributed by atoms with E-state index in [0.29, 0.717) is 31.6 Å². The molecule has 0 saturated heterocycles. The van der Waals surface area contributed by atoms with E-state index >= 15 is 0 Å². The number of esters is 4. The SMILES string of the molecule is CCC(C)CCCCCCCCCCCCCCCCCCCCC(=O)OC[C@H](COP(=O)(O)OC[C@@H](O)COP(=O)(O)OC[C@@H](COC(=O)CCCCCCCCC(C)C)OC(=O)CCCCCCCCCCCCCCCCCCCCC(C)CC)OC(=O)CCCCCCCCCCCCCCCC(C)C.